The number of fused-ring (bicyclic) bond motifs is 3. The molecule has 5 aromatic rings. The summed E-state index contributed by atoms with van der Waals surface area (Å²) in [7, 11) is 1.72. The monoisotopic (exact) mass is 614 g/mol. The van der Waals surface area contributed by atoms with Gasteiger partial charge in [-0.05, 0) is 6.07 Å². The molecule has 0 spiro atoms. The van der Waals surface area contributed by atoms with E-state index in [2.05, 4.69) is 123 Å². The molecule has 0 heterocycles. The molecule has 0 aromatic heterocycles. The molecule has 1 aliphatic carbocycles. The van der Waals surface area contributed by atoms with Crippen LogP contribution >= 0.6 is 0 Å². The van der Waals surface area contributed by atoms with E-state index in [0.29, 0.717) is 0 Å². The van der Waals surface area contributed by atoms with Gasteiger partial charge in [0.25, 0.3) is 0 Å². The molecule has 5 aromatic carbocycles. The Morgan fingerprint density at radius 1 is 0.737 bits per heavy atom. The van der Waals surface area contributed by atoms with Crippen LogP contribution in [-0.4, -0.2) is 10.3 Å². The van der Waals surface area contributed by atoms with E-state index in [1.807, 2.05) is 12.1 Å². The molecule has 0 fully saturated rings. The van der Waals surface area contributed by atoms with E-state index in [9.17, 15) is 0 Å². The van der Waals surface area contributed by atoms with Gasteiger partial charge in [0.2, 0.25) is 0 Å². The molecule has 0 saturated heterocycles. The van der Waals surface area contributed by atoms with Crippen LogP contribution in [0.3, 0.4) is 0 Å². The van der Waals surface area contributed by atoms with E-state index in [1.165, 1.54) is 71.3 Å². The minimum absolute atomic E-state index is 0. The van der Waals surface area contributed by atoms with Crippen molar-refractivity contribution >= 4 is 24.8 Å². The molecule has 0 aliphatic heterocycles. The Balaban J connectivity index is 0.000000207. The second-order valence-electron chi connectivity index (χ2n) is 8.75. The predicted molar refractivity (Wildman–Crippen MR) is 150 cm³/mol. The fourth-order valence-electron chi connectivity index (χ4n) is 4.14. The Morgan fingerprint density at radius 3 is 1.79 bits per heavy atom. The number of hydrogen-bond acceptors (Lipinski definition) is 1. The molecular weight excluding hydrogens is 587 g/mol. The first-order chi connectivity index (χ1) is 17.6. The van der Waals surface area contributed by atoms with Gasteiger partial charge in [-0.15, -0.1) is 47.7 Å². The van der Waals surface area contributed by atoms with Crippen molar-refractivity contribution in [3.05, 3.63) is 144 Å². The van der Waals surface area contributed by atoms with Crippen LogP contribution < -0.4 is 29.6 Å². The van der Waals surface area contributed by atoms with Gasteiger partial charge < -0.3 is 29.6 Å². The normalized spacial score (nSPS) is 11.5. The van der Waals surface area contributed by atoms with Crippen LogP contribution in [0.15, 0.2) is 126 Å². The third-order valence-electron chi connectivity index (χ3n) is 6.30. The van der Waals surface area contributed by atoms with Gasteiger partial charge >= 0.3 is 99.2 Å². The summed E-state index contributed by atoms with van der Waals surface area (Å²) in [4.78, 5) is 0. The van der Waals surface area contributed by atoms with Crippen molar-refractivity contribution in [2.24, 2.45) is 0 Å². The van der Waals surface area contributed by atoms with Crippen molar-refractivity contribution in [3.8, 4) is 5.75 Å². The summed E-state index contributed by atoms with van der Waals surface area (Å²) in [5, 5.41) is 5.01. The molecule has 1 nitrogen and oxygen atoms in total. The first-order valence-corrected chi connectivity index (χ1v) is 13.3. The SMILES string of the molecule is CC1=C(C)C[C-]=C1.COc1cccc2[cH-]c3ccccc3c12.[Cl-].[Cl-].[Zr+2]=[C](c1ccccc1)c1ccccc1. The minimum atomic E-state index is 0. The summed E-state index contributed by atoms with van der Waals surface area (Å²) in [5.41, 5.74) is 5.51. The topological polar surface area (TPSA) is 9.23 Å². The molecule has 0 bridgehead atoms. The molecule has 0 amide bonds. The van der Waals surface area contributed by atoms with Crippen molar-refractivity contribution in [2.75, 3.05) is 7.11 Å². The Bertz CT molecular complexity index is 1470. The van der Waals surface area contributed by atoms with E-state index in [-0.39, 0.29) is 24.8 Å². The third kappa shape index (κ3) is 7.93. The molecule has 1 aliphatic rings. The fraction of sp³-hybridized carbons (Fsp3) is 0.118. The van der Waals surface area contributed by atoms with Gasteiger partial charge in [-0.25, -0.2) is 11.6 Å². The van der Waals surface area contributed by atoms with Crippen molar-refractivity contribution in [2.45, 2.75) is 20.3 Å². The maximum absolute atomic E-state index is 5.39. The van der Waals surface area contributed by atoms with Gasteiger partial charge in [0.15, 0.2) is 0 Å². The summed E-state index contributed by atoms with van der Waals surface area (Å²) in [6.07, 6.45) is 6.22. The van der Waals surface area contributed by atoms with Gasteiger partial charge in [-0.3, -0.25) is 6.08 Å². The van der Waals surface area contributed by atoms with Gasteiger partial charge in [-0.2, -0.15) is 5.57 Å². The van der Waals surface area contributed by atoms with E-state index in [0.717, 1.165) is 12.2 Å². The van der Waals surface area contributed by atoms with Crippen LogP contribution in [0, 0.1) is 6.08 Å². The predicted octanol–water partition coefficient (Wildman–Crippen LogP) is 2.62. The maximum atomic E-state index is 5.39. The summed E-state index contributed by atoms with van der Waals surface area (Å²) in [6, 6.07) is 37.9. The average molecular weight is 617 g/mol. The van der Waals surface area contributed by atoms with Crippen LogP contribution in [0.25, 0.3) is 21.5 Å². The van der Waals surface area contributed by atoms with Gasteiger partial charge in [0.05, 0.1) is 12.9 Å². The van der Waals surface area contributed by atoms with Crippen molar-refractivity contribution in [3.63, 3.8) is 0 Å². The summed E-state index contributed by atoms with van der Waals surface area (Å²) in [5.74, 6) is 0.952. The van der Waals surface area contributed by atoms with Crippen LogP contribution in [0.2, 0.25) is 0 Å². The van der Waals surface area contributed by atoms with E-state index in [1.54, 1.807) is 7.11 Å². The number of allylic oxidation sites excluding steroid dienone is 4. The average Bonchev–Trinajstić information content (AvgIpc) is 3.51. The van der Waals surface area contributed by atoms with E-state index < -0.39 is 0 Å². The van der Waals surface area contributed by atoms with Crippen LogP contribution in [-0.2, 0) is 24.2 Å². The quantitative estimate of drug-likeness (QED) is 0.284. The number of rotatable bonds is 3. The Kier molecular flexibility index (Phi) is 13.0. The molecule has 192 valence electrons. The Morgan fingerprint density at radius 2 is 1.29 bits per heavy atom. The summed E-state index contributed by atoms with van der Waals surface area (Å²) >= 11 is 1.46. The Labute approximate surface area is 253 Å². The molecule has 4 heteroatoms. The molecule has 0 unspecified atom stereocenters. The molecule has 0 atom stereocenters. The van der Waals surface area contributed by atoms with Crippen molar-refractivity contribution in [1.82, 2.24) is 0 Å². The fourth-order valence-corrected chi connectivity index (χ4v) is 4.96. The number of benzene rings is 4. The summed E-state index contributed by atoms with van der Waals surface area (Å²) in [6.45, 7) is 4.27. The molecule has 38 heavy (non-hydrogen) atoms. The van der Waals surface area contributed by atoms with Gasteiger partial charge in [0, 0.05) is 0 Å². The first kappa shape index (κ1) is 31.6. The Hall–Kier alpha value is -2.64. The molecule has 0 radical (unpaired) electrons. The third-order valence-corrected chi connectivity index (χ3v) is 7.72. The van der Waals surface area contributed by atoms with Crippen LogP contribution in [0.1, 0.15) is 31.4 Å². The zero-order valence-corrected chi connectivity index (χ0v) is 25.8. The standard InChI is InChI=1S/C14H11O.C13H10.C7H9.2ClH.Zr/c1-15-13-8-4-6-11-9-10-5-2-3-7-12(10)14(11)13;1-3-7-12(8-4-1)11-13-9-5-2-6-10-13;1-6-4-3-5-7(6)2;;;/h2-9H,1H3;1-10H;4H,5H2,1-2H3;2*1H;/q-1;;-1;;;+2/p-2. The van der Waals surface area contributed by atoms with Crippen LogP contribution in [0.4, 0.5) is 0 Å². The van der Waals surface area contributed by atoms with Gasteiger partial charge in [-0.1, -0.05) is 36.6 Å². The zero-order chi connectivity index (χ0) is 25.3. The van der Waals surface area contributed by atoms with Crippen molar-refractivity contribution in [1.29, 1.82) is 0 Å². The second-order valence-corrected chi connectivity index (χ2v) is 9.98. The van der Waals surface area contributed by atoms with Crippen LogP contribution in [0.5, 0.6) is 5.75 Å². The zero-order valence-electron chi connectivity index (χ0n) is 21.8. The molecule has 0 N–H and O–H groups in total. The summed E-state index contributed by atoms with van der Waals surface area (Å²) < 4.78 is 6.81. The molecule has 6 rings (SSSR count). The van der Waals surface area contributed by atoms with Gasteiger partial charge in [0.1, 0.15) is 0 Å². The van der Waals surface area contributed by atoms with Crippen molar-refractivity contribution < 1.29 is 53.8 Å². The van der Waals surface area contributed by atoms with E-state index in [4.69, 9.17) is 4.74 Å². The van der Waals surface area contributed by atoms with E-state index >= 15 is 0 Å². The first-order valence-electron chi connectivity index (χ1n) is 12.1. The number of ether oxygens (including phenoxy) is 1. The molecular formula is C34H30Cl2OZr-2. The molecule has 0 saturated carbocycles. The number of methoxy groups -OCH3 is 1. The number of hydrogen-bond donors (Lipinski definition) is 0. The second kappa shape index (κ2) is 15.7. The number of halogens is 2.